The predicted octanol–water partition coefficient (Wildman–Crippen LogP) is 0.727. The Morgan fingerprint density at radius 3 is 3.07 bits per heavy atom. The fraction of sp³-hybridized carbons (Fsp3) is 0.700. The molecule has 2 rings (SSSR count). The van der Waals surface area contributed by atoms with E-state index in [4.69, 9.17) is 0 Å². The number of nitrogens with one attached hydrogen (secondary N) is 1. The number of aliphatic hydroxyl groups excluding tert-OH is 1. The lowest BCUT2D eigenvalue weighted by Gasteiger charge is -2.25. The van der Waals surface area contributed by atoms with E-state index < -0.39 is 0 Å². The molecule has 0 spiro atoms. The first-order chi connectivity index (χ1) is 6.75. The van der Waals surface area contributed by atoms with E-state index in [0.717, 1.165) is 32.2 Å². The van der Waals surface area contributed by atoms with Crippen molar-refractivity contribution in [2.45, 2.75) is 38.3 Å². The minimum atomic E-state index is -0.164. The highest BCUT2D eigenvalue weighted by Crippen LogP contribution is 2.24. The lowest BCUT2D eigenvalue weighted by molar-refractivity contribution is 0.0951. The number of imidazole rings is 1. The third kappa shape index (κ3) is 2.07. The SMILES string of the molecule is O=c1[nH]ccn1CC1CCCC(O)C1. The Balaban J connectivity index is 1.97. The number of hydrogen-bond acceptors (Lipinski definition) is 2. The highest BCUT2D eigenvalue weighted by atomic mass is 16.3. The highest BCUT2D eigenvalue weighted by molar-refractivity contribution is 4.79. The summed E-state index contributed by atoms with van der Waals surface area (Å²) in [6, 6.07) is 0. The molecule has 2 unspecified atom stereocenters. The van der Waals surface area contributed by atoms with Gasteiger partial charge in [0.1, 0.15) is 0 Å². The second kappa shape index (κ2) is 4.00. The van der Waals surface area contributed by atoms with Crippen LogP contribution in [-0.4, -0.2) is 20.8 Å². The molecule has 14 heavy (non-hydrogen) atoms. The van der Waals surface area contributed by atoms with Gasteiger partial charge in [-0.1, -0.05) is 6.42 Å². The molecule has 0 aromatic carbocycles. The van der Waals surface area contributed by atoms with Crippen LogP contribution in [0.4, 0.5) is 0 Å². The summed E-state index contributed by atoms with van der Waals surface area (Å²) in [7, 11) is 0. The van der Waals surface area contributed by atoms with E-state index in [-0.39, 0.29) is 11.8 Å². The molecule has 1 aliphatic carbocycles. The normalized spacial score (nSPS) is 27.8. The van der Waals surface area contributed by atoms with Crippen molar-refractivity contribution in [3.63, 3.8) is 0 Å². The van der Waals surface area contributed by atoms with Crippen molar-refractivity contribution in [2.75, 3.05) is 0 Å². The lowest BCUT2D eigenvalue weighted by Crippen LogP contribution is -2.26. The Morgan fingerprint density at radius 2 is 2.43 bits per heavy atom. The highest BCUT2D eigenvalue weighted by Gasteiger charge is 2.20. The number of rotatable bonds is 2. The van der Waals surface area contributed by atoms with Crippen molar-refractivity contribution in [1.82, 2.24) is 9.55 Å². The minimum absolute atomic E-state index is 0.0509. The number of aliphatic hydroxyl groups is 1. The number of hydrogen-bond donors (Lipinski definition) is 2. The van der Waals surface area contributed by atoms with Crippen LogP contribution in [0.3, 0.4) is 0 Å². The maximum absolute atomic E-state index is 11.2. The van der Waals surface area contributed by atoms with Gasteiger partial charge in [-0.25, -0.2) is 4.79 Å². The van der Waals surface area contributed by atoms with Gasteiger partial charge in [0.25, 0.3) is 0 Å². The Labute approximate surface area is 82.6 Å². The molecule has 1 fully saturated rings. The third-order valence-electron chi connectivity index (χ3n) is 2.93. The molecule has 1 aromatic rings. The van der Waals surface area contributed by atoms with Crippen LogP contribution in [0.15, 0.2) is 17.2 Å². The summed E-state index contributed by atoms with van der Waals surface area (Å²) < 4.78 is 1.68. The molecule has 2 N–H and O–H groups in total. The molecule has 1 aromatic heterocycles. The molecule has 4 nitrogen and oxygen atoms in total. The van der Waals surface area contributed by atoms with E-state index in [0.29, 0.717) is 5.92 Å². The van der Waals surface area contributed by atoms with Crippen molar-refractivity contribution >= 4 is 0 Å². The van der Waals surface area contributed by atoms with Gasteiger partial charge in [0.05, 0.1) is 6.10 Å². The molecule has 4 heteroatoms. The topological polar surface area (TPSA) is 58.0 Å². The second-order valence-corrected chi connectivity index (χ2v) is 4.10. The van der Waals surface area contributed by atoms with E-state index in [9.17, 15) is 9.90 Å². The van der Waals surface area contributed by atoms with Crippen LogP contribution in [0.25, 0.3) is 0 Å². The van der Waals surface area contributed by atoms with Crippen molar-refractivity contribution in [3.05, 3.63) is 22.9 Å². The molecular weight excluding hydrogens is 180 g/mol. The third-order valence-corrected chi connectivity index (χ3v) is 2.93. The van der Waals surface area contributed by atoms with Gasteiger partial charge < -0.3 is 10.1 Å². The number of H-pyrrole nitrogens is 1. The van der Waals surface area contributed by atoms with Gasteiger partial charge in [-0.2, -0.15) is 0 Å². The van der Waals surface area contributed by atoms with Crippen LogP contribution in [0.2, 0.25) is 0 Å². The fourth-order valence-corrected chi connectivity index (χ4v) is 2.20. The molecule has 78 valence electrons. The summed E-state index contributed by atoms with van der Waals surface area (Å²) in [6.45, 7) is 0.736. The first-order valence-corrected chi connectivity index (χ1v) is 5.17. The van der Waals surface area contributed by atoms with Crippen molar-refractivity contribution in [2.24, 2.45) is 5.92 Å². The molecule has 0 bridgehead atoms. The van der Waals surface area contributed by atoms with Gasteiger partial charge in [0.2, 0.25) is 0 Å². The second-order valence-electron chi connectivity index (χ2n) is 4.10. The first-order valence-electron chi connectivity index (χ1n) is 5.17. The maximum Gasteiger partial charge on any atom is 0.325 e. The summed E-state index contributed by atoms with van der Waals surface area (Å²) in [4.78, 5) is 13.8. The van der Waals surface area contributed by atoms with E-state index >= 15 is 0 Å². The Kier molecular flexibility index (Phi) is 2.72. The summed E-state index contributed by atoms with van der Waals surface area (Å²) in [5.74, 6) is 0.451. The van der Waals surface area contributed by atoms with Gasteiger partial charge in [0, 0.05) is 18.9 Å². The lowest BCUT2D eigenvalue weighted by atomic mass is 9.87. The molecule has 1 heterocycles. The summed E-state index contributed by atoms with van der Waals surface area (Å²) in [5.41, 5.74) is -0.0509. The Bertz CT molecular complexity index is 342. The predicted molar refractivity (Wildman–Crippen MR) is 53.0 cm³/mol. The van der Waals surface area contributed by atoms with Gasteiger partial charge >= 0.3 is 5.69 Å². The average Bonchev–Trinajstić information content (AvgIpc) is 2.52. The molecule has 2 atom stereocenters. The van der Waals surface area contributed by atoms with Gasteiger partial charge in [-0.05, 0) is 25.2 Å². The summed E-state index contributed by atoms with van der Waals surface area (Å²) in [6.07, 6.45) is 7.20. The Hall–Kier alpha value is -1.03. The van der Waals surface area contributed by atoms with Crippen LogP contribution in [0, 0.1) is 5.92 Å². The van der Waals surface area contributed by atoms with E-state index in [2.05, 4.69) is 4.98 Å². The van der Waals surface area contributed by atoms with Crippen molar-refractivity contribution in [3.8, 4) is 0 Å². The average molecular weight is 196 g/mol. The number of aromatic nitrogens is 2. The van der Waals surface area contributed by atoms with Crippen LogP contribution in [0.1, 0.15) is 25.7 Å². The van der Waals surface area contributed by atoms with Gasteiger partial charge in [-0.15, -0.1) is 0 Å². The zero-order valence-electron chi connectivity index (χ0n) is 8.15. The zero-order valence-corrected chi connectivity index (χ0v) is 8.15. The van der Waals surface area contributed by atoms with Gasteiger partial charge in [0.15, 0.2) is 0 Å². The zero-order chi connectivity index (χ0) is 9.97. The molecule has 1 aliphatic rings. The van der Waals surface area contributed by atoms with Crippen molar-refractivity contribution in [1.29, 1.82) is 0 Å². The molecule has 0 radical (unpaired) electrons. The summed E-state index contributed by atoms with van der Waals surface area (Å²) >= 11 is 0. The fourth-order valence-electron chi connectivity index (χ4n) is 2.20. The first kappa shape index (κ1) is 9.52. The van der Waals surface area contributed by atoms with Crippen LogP contribution in [0.5, 0.6) is 0 Å². The molecule has 1 saturated carbocycles. The number of aromatic amines is 1. The number of nitrogens with zero attached hydrogens (tertiary/aromatic N) is 1. The minimum Gasteiger partial charge on any atom is -0.393 e. The summed E-state index contributed by atoms with van der Waals surface area (Å²) in [5, 5.41) is 9.48. The van der Waals surface area contributed by atoms with E-state index in [1.807, 2.05) is 0 Å². The van der Waals surface area contributed by atoms with E-state index in [1.165, 1.54) is 0 Å². The van der Waals surface area contributed by atoms with E-state index in [1.54, 1.807) is 17.0 Å². The van der Waals surface area contributed by atoms with Crippen LogP contribution < -0.4 is 5.69 Å². The Morgan fingerprint density at radius 1 is 1.57 bits per heavy atom. The quantitative estimate of drug-likeness (QED) is 0.732. The molecule has 0 saturated heterocycles. The largest absolute Gasteiger partial charge is 0.393 e. The smallest absolute Gasteiger partial charge is 0.325 e. The molecule has 0 aliphatic heterocycles. The van der Waals surface area contributed by atoms with Crippen LogP contribution >= 0.6 is 0 Å². The van der Waals surface area contributed by atoms with Gasteiger partial charge in [-0.3, -0.25) is 4.57 Å². The maximum atomic E-state index is 11.2. The van der Waals surface area contributed by atoms with Crippen molar-refractivity contribution < 1.29 is 5.11 Å². The molecule has 0 amide bonds. The molecular formula is C10H16N2O2. The standard InChI is InChI=1S/C10H16N2O2/c13-9-3-1-2-8(6-9)7-12-5-4-11-10(12)14/h4-5,8-9,13H,1-3,6-7H2,(H,11,14). The monoisotopic (exact) mass is 196 g/mol. The van der Waals surface area contributed by atoms with Crippen LogP contribution in [-0.2, 0) is 6.54 Å².